The first kappa shape index (κ1) is 25.7. The fraction of sp³-hybridized carbons (Fsp3) is 0.765. The zero-order valence-corrected chi connectivity index (χ0v) is 17.0. The minimum Gasteiger partial charge on any atom is -0.479 e. The molecule has 0 aromatic rings. The summed E-state index contributed by atoms with van der Waals surface area (Å²) in [6.07, 6.45) is -7.63. The van der Waals surface area contributed by atoms with Crippen molar-refractivity contribution in [2.24, 2.45) is 5.73 Å². The molecule has 1 heterocycles. The van der Waals surface area contributed by atoms with E-state index in [4.69, 9.17) is 15.6 Å². The molecular formula is C17H30N4O9. The van der Waals surface area contributed by atoms with E-state index in [0.29, 0.717) is 0 Å². The zero-order chi connectivity index (χ0) is 23.2. The van der Waals surface area contributed by atoms with Crippen LogP contribution in [0.2, 0.25) is 0 Å². The van der Waals surface area contributed by atoms with Crippen molar-refractivity contribution in [3.05, 3.63) is 0 Å². The van der Waals surface area contributed by atoms with Crippen LogP contribution in [0.25, 0.3) is 0 Å². The number of nitrogens with one attached hydrogen (secondary N) is 2. The number of aliphatic carboxylic acids is 1. The van der Waals surface area contributed by atoms with Gasteiger partial charge in [-0.05, 0) is 13.8 Å². The van der Waals surface area contributed by atoms with Crippen molar-refractivity contribution >= 4 is 23.7 Å². The van der Waals surface area contributed by atoms with Crippen molar-refractivity contribution in [2.45, 2.75) is 62.9 Å². The van der Waals surface area contributed by atoms with Crippen LogP contribution in [0, 0.1) is 0 Å². The van der Waals surface area contributed by atoms with Crippen molar-refractivity contribution in [1.82, 2.24) is 15.5 Å². The molecule has 0 aromatic carbocycles. The molecule has 0 bridgehead atoms. The van der Waals surface area contributed by atoms with Gasteiger partial charge in [0.25, 0.3) is 0 Å². The Labute approximate surface area is 173 Å². The summed E-state index contributed by atoms with van der Waals surface area (Å²) in [4.78, 5) is 47.9. The summed E-state index contributed by atoms with van der Waals surface area (Å²) in [5.41, 5.74) is 5.41. The summed E-state index contributed by atoms with van der Waals surface area (Å²) >= 11 is 0. The Balaban J connectivity index is 2.53. The number of rotatable bonds is 9. The van der Waals surface area contributed by atoms with Crippen LogP contribution in [-0.2, 0) is 23.9 Å². The van der Waals surface area contributed by atoms with E-state index in [0.717, 1.165) is 4.90 Å². The normalized spacial score (nSPS) is 26.8. The van der Waals surface area contributed by atoms with Crippen molar-refractivity contribution in [3.63, 3.8) is 0 Å². The van der Waals surface area contributed by atoms with Crippen molar-refractivity contribution < 1.29 is 44.3 Å². The first-order chi connectivity index (χ1) is 13.8. The van der Waals surface area contributed by atoms with Gasteiger partial charge in [-0.15, -0.1) is 0 Å². The number of hydrogen-bond donors (Lipinski definition) is 7. The quantitative estimate of drug-likeness (QED) is 0.186. The molecule has 0 spiro atoms. The molecule has 30 heavy (non-hydrogen) atoms. The smallest absolute Gasteiger partial charge is 0.332 e. The first-order valence-electron chi connectivity index (χ1n) is 9.35. The highest BCUT2D eigenvalue weighted by Crippen LogP contribution is 2.22. The number of carbonyl (C=O) groups excluding carboxylic acids is 3. The predicted molar refractivity (Wildman–Crippen MR) is 101 cm³/mol. The van der Waals surface area contributed by atoms with Crippen LogP contribution in [0.1, 0.15) is 20.3 Å². The Morgan fingerprint density at radius 3 is 2.37 bits per heavy atom. The Kier molecular flexibility index (Phi) is 9.58. The SMILES string of the molecule is C[C@H](N)C(=O)N[C@@H](C)C(=O)N(C)CC(=O)NC[C@@H](O)[C@H]1O[C@H](C(=O)O)C[C@@H](O)[C@H]1O. The molecule has 0 saturated carbocycles. The van der Waals surface area contributed by atoms with Gasteiger partial charge in [0.2, 0.25) is 17.7 Å². The van der Waals surface area contributed by atoms with Gasteiger partial charge in [-0.3, -0.25) is 14.4 Å². The van der Waals surface area contributed by atoms with Crippen LogP contribution in [-0.4, -0.2) is 112 Å². The van der Waals surface area contributed by atoms with Crippen LogP contribution in [0.15, 0.2) is 0 Å². The van der Waals surface area contributed by atoms with Crippen LogP contribution < -0.4 is 16.4 Å². The van der Waals surface area contributed by atoms with E-state index >= 15 is 0 Å². The fourth-order valence-corrected chi connectivity index (χ4v) is 2.80. The Morgan fingerprint density at radius 2 is 1.83 bits per heavy atom. The van der Waals surface area contributed by atoms with Crippen LogP contribution in [0.5, 0.6) is 0 Å². The lowest BCUT2D eigenvalue weighted by Gasteiger charge is -2.37. The van der Waals surface area contributed by atoms with Gasteiger partial charge in [-0.1, -0.05) is 0 Å². The van der Waals surface area contributed by atoms with Crippen molar-refractivity contribution in [3.8, 4) is 0 Å². The largest absolute Gasteiger partial charge is 0.479 e. The van der Waals surface area contributed by atoms with E-state index < -0.39 is 79.4 Å². The van der Waals surface area contributed by atoms with Gasteiger partial charge < -0.3 is 46.4 Å². The van der Waals surface area contributed by atoms with E-state index in [2.05, 4.69) is 10.6 Å². The van der Waals surface area contributed by atoms with E-state index in [-0.39, 0.29) is 6.42 Å². The maximum absolute atomic E-state index is 12.2. The lowest BCUT2D eigenvalue weighted by Crippen LogP contribution is -2.57. The van der Waals surface area contributed by atoms with E-state index in [1.165, 1.54) is 20.9 Å². The summed E-state index contributed by atoms with van der Waals surface area (Å²) in [5.74, 6) is -3.08. The van der Waals surface area contributed by atoms with Crippen molar-refractivity contribution in [1.29, 1.82) is 0 Å². The molecule has 1 fully saturated rings. The zero-order valence-electron chi connectivity index (χ0n) is 17.0. The summed E-state index contributed by atoms with van der Waals surface area (Å²) in [6.45, 7) is 2.09. The van der Waals surface area contributed by atoms with E-state index in [9.17, 15) is 34.5 Å². The third-order valence-electron chi connectivity index (χ3n) is 4.57. The van der Waals surface area contributed by atoms with Gasteiger partial charge in [0.1, 0.15) is 24.4 Å². The first-order valence-corrected chi connectivity index (χ1v) is 9.35. The maximum Gasteiger partial charge on any atom is 0.332 e. The number of aliphatic hydroxyl groups is 3. The van der Waals surface area contributed by atoms with Crippen LogP contribution in [0.4, 0.5) is 0 Å². The average Bonchev–Trinajstić information content (AvgIpc) is 2.66. The number of carboxylic acids is 1. The molecule has 0 aromatic heterocycles. The Hall–Kier alpha value is -2.32. The molecule has 1 aliphatic heterocycles. The number of amides is 3. The number of hydrogen-bond acceptors (Lipinski definition) is 9. The number of carboxylic acid groups (broad SMARTS) is 1. The summed E-state index contributed by atoms with van der Waals surface area (Å²) in [7, 11) is 1.34. The molecular weight excluding hydrogens is 404 g/mol. The molecule has 1 rings (SSSR count). The Morgan fingerprint density at radius 1 is 1.23 bits per heavy atom. The van der Waals surface area contributed by atoms with Crippen LogP contribution >= 0.6 is 0 Å². The number of ether oxygens (including phenoxy) is 1. The van der Waals surface area contributed by atoms with Gasteiger partial charge >= 0.3 is 5.97 Å². The third-order valence-corrected chi connectivity index (χ3v) is 4.57. The van der Waals surface area contributed by atoms with Gasteiger partial charge in [0.05, 0.1) is 18.7 Å². The second-order valence-corrected chi connectivity index (χ2v) is 7.31. The predicted octanol–water partition coefficient (Wildman–Crippen LogP) is -4.26. The summed E-state index contributed by atoms with van der Waals surface area (Å²) in [5, 5.41) is 43.6. The number of carbonyl (C=O) groups is 4. The molecule has 7 atom stereocenters. The fourth-order valence-electron chi connectivity index (χ4n) is 2.80. The molecule has 1 aliphatic rings. The highest BCUT2D eigenvalue weighted by molar-refractivity contribution is 5.91. The molecule has 172 valence electrons. The van der Waals surface area contributed by atoms with Crippen LogP contribution in [0.3, 0.4) is 0 Å². The van der Waals surface area contributed by atoms with Gasteiger partial charge in [-0.2, -0.15) is 0 Å². The molecule has 0 aliphatic carbocycles. The standard InChI is InChI=1S/C17H30N4O9/c1-7(18)15(26)20-8(2)16(27)21(3)6-12(24)19-5-10(23)14-13(25)9(22)4-11(30-14)17(28)29/h7-11,13-14,22-23,25H,4-6,18H2,1-3H3,(H,19,24)(H,20,26)(H,28,29)/t7-,8-,9+,10+,11-,13+,14+/m0/s1. The second kappa shape index (κ2) is 11.2. The van der Waals surface area contributed by atoms with Gasteiger partial charge in [0.15, 0.2) is 6.10 Å². The van der Waals surface area contributed by atoms with Gasteiger partial charge in [-0.25, -0.2) is 4.79 Å². The molecule has 13 nitrogen and oxygen atoms in total. The van der Waals surface area contributed by atoms with E-state index in [1.54, 1.807) is 0 Å². The molecule has 1 saturated heterocycles. The van der Waals surface area contributed by atoms with E-state index in [1.807, 2.05) is 0 Å². The second-order valence-electron chi connectivity index (χ2n) is 7.31. The Bertz CT molecular complexity index is 645. The number of nitrogens with two attached hydrogens (primary N) is 1. The lowest BCUT2D eigenvalue weighted by molar-refractivity contribution is -0.208. The monoisotopic (exact) mass is 434 g/mol. The molecule has 13 heteroatoms. The minimum absolute atomic E-state index is 0.337. The summed E-state index contributed by atoms with van der Waals surface area (Å²) in [6, 6.07) is -1.71. The number of nitrogens with zero attached hydrogens (tertiary/aromatic N) is 1. The molecule has 0 radical (unpaired) electrons. The lowest BCUT2D eigenvalue weighted by atomic mass is 9.94. The number of likely N-dealkylation sites (N-methyl/N-ethyl adjacent to an activating group) is 1. The summed E-state index contributed by atoms with van der Waals surface area (Å²) < 4.78 is 5.11. The number of aliphatic hydroxyl groups excluding tert-OH is 3. The van der Waals surface area contributed by atoms with Crippen molar-refractivity contribution in [2.75, 3.05) is 20.1 Å². The maximum atomic E-state index is 12.2. The molecule has 3 amide bonds. The van der Waals surface area contributed by atoms with Gasteiger partial charge in [0, 0.05) is 20.0 Å². The average molecular weight is 434 g/mol. The molecule has 0 unspecified atom stereocenters. The third kappa shape index (κ3) is 7.18. The topological polar surface area (TPSA) is 212 Å². The minimum atomic E-state index is -1.54. The highest BCUT2D eigenvalue weighted by Gasteiger charge is 2.43. The molecule has 8 N–H and O–H groups in total. The highest BCUT2D eigenvalue weighted by atomic mass is 16.5.